The van der Waals surface area contributed by atoms with E-state index in [2.05, 4.69) is 15.3 Å². The van der Waals surface area contributed by atoms with Crippen molar-refractivity contribution in [2.24, 2.45) is 4.99 Å². The molecule has 0 aliphatic carbocycles. The number of aryl methyl sites for hydroxylation is 1. The maximum atomic E-state index is 12.7. The van der Waals surface area contributed by atoms with Crippen LogP contribution in [0.25, 0.3) is 0 Å². The van der Waals surface area contributed by atoms with Gasteiger partial charge in [-0.15, -0.1) is 0 Å². The van der Waals surface area contributed by atoms with Gasteiger partial charge in [-0.1, -0.05) is 29.8 Å². The number of amides is 1. The van der Waals surface area contributed by atoms with Crippen molar-refractivity contribution in [3.05, 3.63) is 64.4 Å². The van der Waals surface area contributed by atoms with Crippen molar-refractivity contribution in [2.45, 2.75) is 26.9 Å². The number of halogens is 1. The third kappa shape index (κ3) is 5.45. The second kappa shape index (κ2) is 9.55. The van der Waals surface area contributed by atoms with E-state index in [1.165, 1.54) is 0 Å². The molecule has 1 amide bonds. The van der Waals surface area contributed by atoms with Crippen LogP contribution in [0.4, 0.5) is 0 Å². The Labute approximate surface area is 171 Å². The lowest BCUT2D eigenvalue weighted by molar-refractivity contribution is -0.135. The van der Waals surface area contributed by atoms with Crippen molar-refractivity contribution < 1.29 is 4.79 Å². The Hall–Kier alpha value is -2.60. The standard InChI is InChI=1S/C21H26ClN5O/c1-3-23-21(24-13-19-6-4-5-16(2)25-19)27-12-11-26(20(28)15-27)14-17-7-9-18(22)10-8-17/h4-10H,3,11-15H2,1-2H3,(H,23,24). The number of carbonyl (C=O) groups excluding carboxylic acids is 1. The van der Waals surface area contributed by atoms with E-state index in [9.17, 15) is 4.79 Å². The third-order valence-corrected chi connectivity index (χ3v) is 4.83. The molecule has 2 aromatic rings. The van der Waals surface area contributed by atoms with Crippen molar-refractivity contribution in [1.29, 1.82) is 0 Å². The Kier molecular flexibility index (Phi) is 6.87. The molecule has 28 heavy (non-hydrogen) atoms. The molecule has 1 aromatic carbocycles. The zero-order chi connectivity index (χ0) is 19.9. The molecular formula is C21H26ClN5O. The molecule has 1 aliphatic heterocycles. The summed E-state index contributed by atoms with van der Waals surface area (Å²) in [5.74, 6) is 0.853. The topological polar surface area (TPSA) is 60.8 Å². The Morgan fingerprint density at radius 3 is 2.68 bits per heavy atom. The number of rotatable bonds is 5. The number of nitrogens with one attached hydrogen (secondary N) is 1. The summed E-state index contributed by atoms with van der Waals surface area (Å²) in [5, 5.41) is 3.99. The number of hydrogen-bond donors (Lipinski definition) is 1. The van der Waals surface area contributed by atoms with Crippen LogP contribution in [-0.4, -0.2) is 52.8 Å². The Bertz CT molecular complexity index is 837. The zero-order valence-corrected chi connectivity index (χ0v) is 17.1. The fourth-order valence-corrected chi connectivity index (χ4v) is 3.26. The first kappa shape index (κ1) is 20.1. The highest BCUT2D eigenvalue weighted by molar-refractivity contribution is 6.30. The molecule has 1 N–H and O–H groups in total. The predicted molar refractivity (Wildman–Crippen MR) is 112 cm³/mol. The molecule has 7 heteroatoms. The van der Waals surface area contributed by atoms with Crippen LogP contribution in [0.5, 0.6) is 0 Å². The van der Waals surface area contributed by atoms with Gasteiger partial charge < -0.3 is 15.1 Å². The first-order valence-corrected chi connectivity index (χ1v) is 9.91. The second-order valence-electron chi connectivity index (χ2n) is 6.80. The van der Waals surface area contributed by atoms with Gasteiger partial charge in [-0.2, -0.15) is 0 Å². The number of pyridine rings is 1. The predicted octanol–water partition coefficient (Wildman–Crippen LogP) is 2.85. The molecule has 2 heterocycles. The van der Waals surface area contributed by atoms with Crippen molar-refractivity contribution in [3.8, 4) is 0 Å². The van der Waals surface area contributed by atoms with E-state index >= 15 is 0 Å². The van der Waals surface area contributed by atoms with Crippen molar-refractivity contribution >= 4 is 23.5 Å². The highest BCUT2D eigenvalue weighted by Gasteiger charge is 2.26. The molecular weight excluding hydrogens is 374 g/mol. The minimum absolute atomic E-state index is 0.0977. The minimum Gasteiger partial charge on any atom is -0.356 e. The van der Waals surface area contributed by atoms with E-state index < -0.39 is 0 Å². The molecule has 0 spiro atoms. The van der Waals surface area contributed by atoms with Crippen molar-refractivity contribution in [3.63, 3.8) is 0 Å². The summed E-state index contributed by atoms with van der Waals surface area (Å²) in [6.45, 7) is 7.56. The van der Waals surface area contributed by atoms with E-state index in [1.807, 2.05) is 66.1 Å². The second-order valence-corrected chi connectivity index (χ2v) is 7.24. The van der Waals surface area contributed by atoms with Gasteiger partial charge in [0, 0.05) is 36.9 Å². The lowest BCUT2D eigenvalue weighted by atomic mass is 10.2. The molecule has 0 unspecified atom stereocenters. The molecule has 148 valence electrons. The molecule has 1 aromatic heterocycles. The van der Waals surface area contributed by atoms with Gasteiger partial charge in [0.2, 0.25) is 5.91 Å². The number of piperazine rings is 1. The number of aromatic nitrogens is 1. The van der Waals surface area contributed by atoms with Gasteiger partial charge in [-0.05, 0) is 43.7 Å². The average molecular weight is 400 g/mol. The summed E-state index contributed by atoms with van der Waals surface area (Å²) < 4.78 is 0. The third-order valence-electron chi connectivity index (χ3n) is 4.58. The molecule has 1 saturated heterocycles. The first-order chi connectivity index (χ1) is 13.5. The molecule has 0 saturated carbocycles. The van der Waals surface area contributed by atoms with Crippen LogP contribution in [0, 0.1) is 6.92 Å². The number of benzene rings is 1. The van der Waals surface area contributed by atoms with E-state index in [1.54, 1.807) is 0 Å². The summed E-state index contributed by atoms with van der Waals surface area (Å²) in [6, 6.07) is 13.6. The summed E-state index contributed by atoms with van der Waals surface area (Å²) >= 11 is 5.94. The quantitative estimate of drug-likeness (QED) is 0.620. The van der Waals surface area contributed by atoms with E-state index in [4.69, 9.17) is 11.6 Å². The van der Waals surface area contributed by atoms with Gasteiger partial charge in [0.05, 0.1) is 18.8 Å². The van der Waals surface area contributed by atoms with E-state index in [0.717, 1.165) is 36.0 Å². The molecule has 0 radical (unpaired) electrons. The van der Waals surface area contributed by atoms with Gasteiger partial charge in [0.15, 0.2) is 5.96 Å². The fourth-order valence-electron chi connectivity index (χ4n) is 3.14. The molecule has 0 atom stereocenters. The zero-order valence-electron chi connectivity index (χ0n) is 16.4. The van der Waals surface area contributed by atoms with Crippen LogP contribution in [0.1, 0.15) is 23.9 Å². The normalized spacial score (nSPS) is 15.1. The Morgan fingerprint density at radius 2 is 2.00 bits per heavy atom. The van der Waals surface area contributed by atoms with Crippen molar-refractivity contribution in [1.82, 2.24) is 20.1 Å². The van der Waals surface area contributed by atoms with Crippen molar-refractivity contribution in [2.75, 3.05) is 26.2 Å². The summed E-state index contributed by atoms with van der Waals surface area (Å²) in [7, 11) is 0. The molecule has 0 bridgehead atoms. The summed E-state index contributed by atoms with van der Waals surface area (Å²) in [5.41, 5.74) is 2.98. The SMILES string of the molecule is CCNC(=NCc1cccc(C)n1)N1CCN(Cc2ccc(Cl)cc2)C(=O)C1. The van der Waals surface area contributed by atoms with Crippen LogP contribution in [0.15, 0.2) is 47.5 Å². The number of nitrogens with zero attached hydrogens (tertiary/aromatic N) is 4. The number of hydrogen-bond acceptors (Lipinski definition) is 3. The number of aliphatic imine (C=N–C) groups is 1. The average Bonchev–Trinajstić information content (AvgIpc) is 2.68. The van der Waals surface area contributed by atoms with Gasteiger partial charge in [0.25, 0.3) is 0 Å². The molecule has 6 nitrogen and oxygen atoms in total. The Balaban J connectivity index is 1.63. The molecule has 3 rings (SSSR count). The maximum absolute atomic E-state index is 12.7. The van der Waals surface area contributed by atoms with Crippen LogP contribution >= 0.6 is 11.6 Å². The first-order valence-electron chi connectivity index (χ1n) is 9.53. The van der Waals surface area contributed by atoms with E-state index in [0.29, 0.717) is 31.2 Å². The number of guanidine groups is 1. The fraction of sp³-hybridized carbons (Fsp3) is 0.381. The van der Waals surface area contributed by atoms with Gasteiger partial charge in [-0.3, -0.25) is 9.78 Å². The highest BCUT2D eigenvalue weighted by Crippen LogP contribution is 2.14. The minimum atomic E-state index is 0.0977. The Morgan fingerprint density at radius 1 is 1.21 bits per heavy atom. The van der Waals surface area contributed by atoms with Crippen LogP contribution in [0.2, 0.25) is 5.02 Å². The summed E-state index contributed by atoms with van der Waals surface area (Å²) in [6.07, 6.45) is 0. The van der Waals surface area contributed by atoms with Gasteiger partial charge >= 0.3 is 0 Å². The lowest BCUT2D eigenvalue weighted by Gasteiger charge is -2.36. The maximum Gasteiger partial charge on any atom is 0.242 e. The summed E-state index contributed by atoms with van der Waals surface area (Å²) in [4.78, 5) is 25.7. The molecule has 1 fully saturated rings. The van der Waals surface area contributed by atoms with E-state index in [-0.39, 0.29) is 5.91 Å². The highest BCUT2D eigenvalue weighted by atomic mass is 35.5. The van der Waals surface area contributed by atoms with Gasteiger partial charge in [0.1, 0.15) is 0 Å². The van der Waals surface area contributed by atoms with Gasteiger partial charge in [-0.25, -0.2) is 4.99 Å². The van der Waals surface area contributed by atoms with Crippen LogP contribution in [-0.2, 0) is 17.9 Å². The molecule has 1 aliphatic rings. The largest absolute Gasteiger partial charge is 0.356 e. The lowest BCUT2D eigenvalue weighted by Crippen LogP contribution is -2.54. The smallest absolute Gasteiger partial charge is 0.242 e. The number of carbonyl (C=O) groups is 1. The van der Waals surface area contributed by atoms with Crippen LogP contribution < -0.4 is 5.32 Å². The van der Waals surface area contributed by atoms with Crippen LogP contribution in [0.3, 0.4) is 0 Å². The monoisotopic (exact) mass is 399 g/mol.